The molecule has 0 saturated carbocycles. The van der Waals surface area contributed by atoms with Gasteiger partial charge in [-0.1, -0.05) is 18.2 Å². The van der Waals surface area contributed by atoms with Crippen molar-refractivity contribution in [2.45, 2.75) is 26.0 Å². The molecule has 0 spiro atoms. The second-order valence-corrected chi connectivity index (χ2v) is 7.54. The van der Waals surface area contributed by atoms with E-state index in [0.29, 0.717) is 17.7 Å². The number of anilines is 1. The Hall–Kier alpha value is -3.12. The van der Waals surface area contributed by atoms with E-state index in [4.69, 9.17) is 5.73 Å². The van der Waals surface area contributed by atoms with Gasteiger partial charge in [-0.15, -0.1) is 0 Å². The van der Waals surface area contributed by atoms with Gasteiger partial charge in [0, 0.05) is 43.1 Å². The standard InChI is InChI=1S/C22H26N4O2/c1-22(2,28)18-11-15(13-24-21(18)23)9-10-20(27)25(3)14-17-12-16-7-5-6-8-19(16)26(17)4/h5-13,28H,14H2,1-4H3,(H2,23,24)/b10-9+. The van der Waals surface area contributed by atoms with Crippen LogP contribution < -0.4 is 5.73 Å². The molecule has 0 unspecified atom stereocenters. The number of nitrogen functional groups attached to an aromatic ring is 1. The van der Waals surface area contributed by atoms with Crippen molar-refractivity contribution in [2.24, 2.45) is 7.05 Å². The van der Waals surface area contributed by atoms with E-state index in [1.807, 2.05) is 19.2 Å². The molecular formula is C22H26N4O2. The number of benzene rings is 1. The number of amides is 1. The number of hydrogen-bond donors (Lipinski definition) is 2. The van der Waals surface area contributed by atoms with Crippen LogP contribution in [0.3, 0.4) is 0 Å². The van der Waals surface area contributed by atoms with Crippen LogP contribution in [0.2, 0.25) is 0 Å². The Morgan fingerprint density at radius 2 is 2.04 bits per heavy atom. The fourth-order valence-corrected chi connectivity index (χ4v) is 3.19. The summed E-state index contributed by atoms with van der Waals surface area (Å²) < 4.78 is 2.10. The minimum absolute atomic E-state index is 0.119. The lowest BCUT2D eigenvalue weighted by Gasteiger charge is -2.19. The van der Waals surface area contributed by atoms with Crippen LogP contribution >= 0.6 is 0 Å². The highest BCUT2D eigenvalue weighted by Crippen LogP contribution is 2.25. The molecule has 28 heavy (non-hydrogen) atoms. The molecule has 146 valence electrons. The maximum Gasteiger partial charge on any atom is 0.246 e. The van der Waals surface area contributed by atoms with Gasteiger partial charge in [0.15, 0.2) is 0 Å². The Labute approximate surface area is 164 Å². The third-order valence-corrected chi connectivity index (χ3v) is 4.84. The van der Waals surface area contributed by atoms with Gasteiger partial charge < -0.3 is 20.3 Å². The average Bonchev–Trinajstić information content (AvgIpc) is 2.95. The Balaban J connectivity index is 1.74. The predicted molar refractivity (Wildman–Crippen MR) is 112 cm³/mol. The molecule has 0 bridgehead atoms. The highest BCUT2D eigenvalue weighted by atomic mass is 16.3. The van der Waals surface area contributed by atoms with Crippen LogP contribution in [0.1, 0.15) is 30.7 Å². The van der Waals surface area contributed by atoms with Gasteiger partial charge in [-0.2, -0.15) is 0 Å². The first-order valence-electron chi connectivity index (χ1n) is 9.11. The van der Waals surface area contributed by atoms with Gasteiger partial charge in [0.1, 0.15) is 5.82 Å². The van der Waals surface area contributed by atoms with E-state index in [2.05, 4.69) is 27.8 Å². The van der Waals surface area contributed by atoms with E-state index in [-0.39, 0.29) is 11.7 Å². The molecule has 0 radical (unpaired) electrons. The molecule has 0 saturated heterocycles. The van der Waals surface area contributed by atoms with Gasteiger partial charge >= 0.3 is 0 Å². The normalized spacial score (nSPS) is 12.0. The molecule has 6 nitrogen and oxygen atoms in total. The van der Waals surface area contributed by atoms with Crippen molar-refractivity contribution in [3.05, 3.63) is 65.5 Å². The Kier molecular flexibility index (Phi) is 5.25. The Morgan fingerprint density at radius 1 is 1.32 bits per heavy atom. The number of aryl methyl sites for hydroxylation is 1. The van der Waals surface area contributed by atoms with E-state index in [9.17, 15) is 9.90 Å². The third kappa shape index (κ3) is 4.07. The van der Waals surface area contributed by atoms with Crippen LogP contribution in [0.4, 0.5) is 5.82 Å². The lowest BCUT2D eigenvalue weighted by molar-refractivity contribution is -0.125. The number of carbonyl (C=O) groups is 1. The summed E-state index contributed by atoms with van der Waals surface area (Å²) in [7, 11) is 3.78. The van der Waals surface area contributed by atoms with Gasteiger partial charge in [0.25, 0.3) is 0 Å². The highest BCUT2D eigenvalue weighted by molar-refractivity contribution is 5.91. The fourth-order valence-electron chi connectivity index (χ4n) is 3.19. The van der Waals surface area contributed by atoms with Crippen molar-refractivity contribution in [2.75, 3.05) is 12.8 Å². The van der Waals surface area contributed by atoms with Crippen molar-refractivity contribution >= 4 is 28.7 Å². The minimum Gasteiger partial charge on any atom is -0.386 e. The zero-order valence-corrected chi connectivity index (χ0v) is 16.7. The number of carbonyl (C=O) groups excluding carboxylic acids is 1. The molecule has 1 amide bonds. The summed E-state index contributed by atoms with van der Waals surface area (Å²) in [5, 5.41) is 11.3. The number of pyridine rings is 1. The summed E-state index contributed by atoms with van der Waals surface area (Å²) in [5.41, 5.74) is 8.18. The number of aromatic nitrogens is 2. The molecule has 0 fully saturated rings. The topological polar surface area (TPSA) is 84.4 Å². The van der Waals surface area contributed by atoms with E-state index in [1.165, 1.54) is 6.08 Å². The molecule has 3 aromatic rings. The monoisotopic (exact) mass is 378 g/mol. The molecule has 3 rings (SSSR count). The molecule has 0 aliphatic carbocycles. The quantitative estimate of drug-likeness (QED) is 0.668. The van der Waals surface area contributed by atoms with Crippen molar-refractivity contribution in [1.82, 2.24) is 14.5 Å². The van der Waals surface area contributed by atoms with Gasteiger partial charge in [-0.3, -0.25) is 4.79 Å². The number of para-hydroxylation sites is 1. The first-order valence-corrected chi connectivity index (χ1v) is 9.11. The van der Waals surface area contributed by atoms with Crippen molar-refractivity contribution < 1.29 is 9.90 Å². The highest BCUT2D eigenvalue weighted by Gasteiger charge is 2.20. The smallest absolute Gasteiger partial charge is 0.246 e. The third-order valence-electron chi connectivity index (χ3n) is 4.84. The second-order valence-electron chi connectivity index (χ2n) is 7.54. The summed E-state index contributed by atoms with van der Waals surface area (Å²) in [4.78, 5) is 18.3. The molecule has 0 aliphatic rings. The number of rotatable bonds is 5. The predicted octanol–water partition coefficient (Wildman–Crippen LogP) is 3.05. The lowest BCUT2D eigenvalue weighted by Crippen LogP contribution is -2.25. The van der Waals surface area contributed by atoms with Crippen molar-refractivity contribution in [3.63, 3.8) is 0 Å². The summed E-state index contributed by atoms with van der Waals surface area (Å²) in [6.07, 6.45) is 4.77. The molecule has 6 heteroatoms. The molecule has 1 aromatic carbocycles. The van der Waals surface area contributed by atoms with Gasteiger partial charge in [-0.25, -0.2) is 4.98 Å². The zero-order valence-electron chi connectivity index (χ0n) is 16.7. The summed E-state index contributed by atoms with van der Waals surface area (Å²) in [6.45, 7) is 3.80. The maximum absolute atomic E-state index is 12.5. The first kappa shape index (κ1) is 19.6. The number of nitrogens with two attached hydrogens (primary N) is 1. The molecular weight excluding hydrogens is 352 g/mol. The van der Waals surface area contributed by atoms with Crippen molar-refractivity contribution in [3.8, 4) is 0 Å². The number of nitrogens with zero attached hydrogens (tertiary/aromatic N) is 3. The summed E-state index contributed by atoms with van der Waals surface area (Å²) in [6, 6.07) is 12.0. The maximum atomic E-state index is 12.5. The average molecular weight is 378 g/mol. The van der Waals surface area contributed by atoms with E-state index >= 15 is 0 Å². The van der Waals surface area contributed by atoms with Gasteiger partial charge in [0.2, 0.25) is 5.91 Å². The van der Waals surface area contributed by atoms with Crippen LogP contribution in [0.15, 0.2) is 48.7 Å². The molecule has 0 aliphatic heterocycles. The van der Waals surface area contributed by atoms with Crippen LogP contribution in [0.25, 0.3) is 17.0 Å². The fraction of sp³-hybridized carbons (Fsp3) is 0.273. The second kappa shape index (κ2) is 7.48. The summed E-state index contributed by atoms with van der Waals surface area (Å²) in [5.74, 6) is 0.163. The van der Waals surface area contributed by atoms with Crippen LogP contribution in [-0.4, -0.2) is 32.5 Å². The van der Waals surface area contributed by atoms with E-state index in [0.717, 1.165) is 16.6 Å². The molecule has 2 heterocycles. The number of aliphatic hydroxyl groups is 1. The molecule has 3 N–H and O–H groups in total. The van der Waals surface area contributed by atoms with Crippen molar-refractivity contribution in [1.29, 1.82) is 0 Å². The first-order chi connectivity index (χ1) is 13.2. The van der Waals surface area contributed by atoms with Crippen LogP contribution in [-0.2, 0) is 24.0 Å². The SMILES string of the molecule is CN(Cc1cc2ccccc2n1C)C(=O)/C=C/c1cnc(N)c(C(C)(C)O)c1. The number of likely N-dealkylation sites (N-methyl/N-ethyl adjacent to an activating group) is 1. The largest absolute Gasteiger partial charge is 0.386 e. The number of hydrogen-bond acceptors (Lipinski definition) is 4. The lowest BCUT2D eigenvalue weighted by atomic mass is 9.97. The Morgan fingerprint density at radius 3 is 2.71 bits per heavy atom. The molecule has 0 atom stereocenters. The zero-order chi connectivity index (χ0) is 20.5. The van der Waals surface area contributed by atoms with Gasteiger partial charge in [0.05, 0.1) is 12.1 Å². The van der Waals surface area contributed by atoms with Crippen LogP contribution in [0.5, 0.6) is 0 Å². The van der Waals surface area contributed by atoms with E-state index in [1.54, 1.807) is 44.1 Å². The van der Waals surface area contributed by atoms with Crippen LogP contribution in [0, 0.1) is 0 Å². The summed E-state index contributed by atoms with van der Waals surface area (Å²) >= 11 is 0. The number of fused-ring (bicyclic) bond motifs is 1. The minimum atomic E-state index is -1.10. The Bertz CT molecular complexity index is 1040. The van der Waals surface area contributed by atoms with E-state index < -0.39 is 5.60 Å². The van der Waals surface area contributed by atoms with Gasteiger partial charge in [-0.05, 0) is 49.1 Å². The molecule has 2 aromatic heterocycles.